The number of fused-ring (bicyclic) bond motifs is 1. The SMILES string of the molecule is Cc1cc(NC(=O)C(C)OC(=O)c2cc3c(cc2[N+](=O)[O-])OCCO3)no1. The van der Waals surface area contributed by atoms with E-state index in [0.717, 1.165) is 6.07 Å². The Morgan fingerprint density at radius 2 is 1.93 bits per heavy atom. The van der Waals surface area contributed by atoms with Crippen molar-refractivity contribution in [2.75, 3.05) is 18.5 Å². The Kier molecular flexibility index (Phi) is 4.92. The first kappa shape index (κ1) is 18.2. The number of aryl methyl sites for hydroxylation is 1. The molecule has 11 nitrogen and oxygen atoms in total. The number of hydrogen-bond acceptors (Lipinski definition) is 9. The molecule has 1 amide bonds. The fraction of sp³-hybridized carbons (Fsp3) is 0.312. The number of benzene rings is 1. The molecule has 11 heteroatoms. The number of nitro benzene ring substituents is 1. The van der Waals surface area contributed by atoms with Gasteiger partial charge >= 0.3 is 5.97 Å². The van der Waals surface area contributed by atoms with E-state index in [1.54, 1.807) is 6.92 Å². The molecule has 1 atom stereocenters. The molecule has 0 saturated heterocycles. The number of rotatable bonds is 5. The second-order valence-corrected chi connectivity index (χ2v) is 5.63. The molecule has 2 aromatic rings. The van der Waals surface area contributed by atoms with Crippen molar-refractivity contribution in [3.63, 3.8) is 0 Å². The summed E-state index contributed by atoms with van der Waals surface area (Å²) < 4.78 is 20.5. The predicted molar refractivity (Wildman–Crippen MR) is 88.8 cm³/mol. The van der Waals surface area contributed by atoms with E-state index >= 15 is 0 Å². The van der Waals surface area contributed by atoms with E-state index in [2.05, 4.69) is 10.5 Å². The average Bonchev–Trinajstić information content (AvgIpc) is 3.05. The van der Waals surface area contributed by atoms with Crippen molar-refractivity contribution in [1.29, 1.82) is 0 Å². The van der Waals surface area contributed by atoms with Crippen LogP contribution in [0.15, 0.2) is 22.7 Å². The normalized spacial score (nSPS) is 13.6. The van der Waals surface area contributed by atoms with Gasteiger partial charge < -0.3 is 24.1 Å². The fourth-order valence-electron chi connectivity index (χ4n) is 2.32. The van der Waals surface area contributed by atoms with Gasteiger partial charge in [-0.2, -0.15) is 0 Å². The van der Waals surface area contributed by atoms with Crippen LogP contribution in [0.4, 0.5) is 11.5 Å². The molecular weight excluding hydrogens is 362 g/mol. The molecule has 0 saturated carbocycles. The Morgan fingerprint density at radius 3 is 2.52 bits per heavy atom. The summed E-state index contributed by atoms with van der Waals surface area (Å²) in [5, 5.41) is 17.3. The van der Waals surface area contributed by atoms with E-state index in [4.69, 9.17) is 18.7 Å². The van der Waals surface area contributed by atoms with Crippen molar-refractivity contribution in [3.05, 3.63) is 39.6 Å². The van der Waals surface area contributed by atoms with Crippen LogP contribution in [-0.2, 0) is 9.53 Å². The minimum absolute atomic E-state index is 0.158. The zero-order valence-electron chi connectivity index (χ0n) is 14.4. The maximum absolute atomic E-state index is 12.4. The third-order valence-electron chi connectivity index (χ3n) is 3.61. The molecular formula is C16H15N3O8. The maximum Gasteiger partial charge on any atom is 0.346 e. The Labute approximate surface area is 152 Å². The van der Waals surface area contributed by atoms with E-state index in [1.807, 2.05) is 0 Å². The number of nitrogens with one attached hydrogen (secondary N) is 1. The number of nitrogens with zero attached hydrogens (tertiary/aromatic N) is 2. The lowest BCUT2D eigenvalue weighted by atomic mass is 10.1. The van der Waals surface area contributed by atoms with E-state index in [0.29, 0.717) is 5.76 Å². The Bertz CT molecular complexity index is 907. The van der Waals surface area contributed by atoms with Crippen LogP contribution in [0.5, 0.6) is 11.5 Å². The van der Waals surface area contributed by atoms with Crippen LogP contribution in [0.2, 0.25) is 0 Å². The molecule has 0 bridgehead atoms. The Balaban J connectivity index is 1.76. The fourth-order valence-corrected chi connectivity index (χ4v) is 2.32. The summed E-state index contributed by atoms with van der Waals surface area (Å²) in [5.74, 6) is -0.715. The van der Waals surface area contributed by atoms with Gasteiger partial charge in [0.1, 0.15) is 24.5 Å². The zero-order chi connectivity index (χ0) is 19.6. The molecule has 2 heterocycles. The van der Waals surface area contributed by atoms with Crippen molar-refractivity contribution >= 4 is 23.4 Å². The number of hydrogen-bond donors (Lipinski definition) is 1. The molecule has 1 aliphatic heterocycles. The van der Waals surface area contributed by atoms with Crippen molar-refractivity contribution in [3.8, 4) is 11.5 Å². The highest BCUT2D eigenvalue weighted by molar-refractivity contribution is 5.99. The number of carbonyl (C=O) groups excluding carboxylic acids is 2. The summed E-state index contributed by atoms with van der Waals surface area (Å²) in [6.07, 6.45) is -1.23. The van der Waals surface area contributed by atoms with Gasteiger partial charge in [-0.05, 0) is 13.8 Å². The van der Waals surface area contributed by atoms with Gasteiger partial charge in [-0.1, -0.05) is 5.16 Å². The third kappa shape index (κ3) is 3.97. The lowest BCUT2D eigenvalue weighted by Crippen LogP contribution is -2.30. The molecule has 1 aliphatic rings. The molecule has 142 valence electrons. The number of amides is 1. The third-order valence-corrected chi connectivity index (χ3v) is 3.61. The number of anilines is 1. The number of esters is 1. The molecule has 0 fully saturated rings. The second-order valence-electron chi connectivity index (χ2n) is 5.63. The summed E-state index contributed by atoms with van der Waals surface area (Å²) in [4.78, 5) is 35.0. The standard InChI is InChI=1S/C16H15N3O8/c1-8-5-14(18-27-8)17-15(20)9(2)26-16(21)10-6-12-13(25-4-3-24-12)7-11(10)19(22)23/h5-7,9H,3-4H2,1-2H3,(H,17,18,20). The van der Waals surface area contributed by atoms with Gasteiger partial charge in [0.05, 0.1) is 11.0 Å². The Hall–Kier alpha value is -3.63. The van der Waals surface area contributed by atoms with Crippen LogP contribution in [0.25, 0.3) is 0 Å². The van der Waals surface area contributed by atoms with Crippen molar-refractivity contribution < 1.29 is 33.2 Å². The molecule has 1 aromatic carbocycles. The number of nitro groups is 1. The summed E-state index contributed by atoms with van der Waals surface area (Å²) in [5.41, 5.74) is -0.856. The number of carbonyl (C=O) groups is 2. The first-order chi connectivity index (χ1) is 12.8. The lowest BCUT2D eigenvalue weighted by molar-refractivity contribution is -0.385. The molecule has 0 spiro atoms. The monoisotopic (exact) mass is 377 g/mol. The summed E-state index contributed by atoms with van der Waals surface area (Å²) in [6.45, 7) is 3.46. The lowest BCUT2D eigenvalue weighted by Gasteiger charge is -2.19. The largest absolute Gasteiger partial charge is 0.486 e. The van der Waals surface area contributed by atoms with Gasteiger partial charge in [0.25, 0.3) is 11.6 Å². The number of ether oxygens (including phenoxy) is 3. The van der Waals surface area contributed by atoms with Gasteiger partial charge in [0.2, 0.25) is 0 Å². The first-order valence-electron chi connectivity index (χ1n) is 7.88. The summed E-state index contributed by atoms with van der Waals surface area (Å²) >= 11 is 0. The van der Waals surface area contributed by atoms with E-state index < -0.39 is 28.6 Å². The quantitative estimate of drug-likeness (QED) is 0.469. The molecule has 1 N–H and O–H groups in total. The molecule has 1 aromatic heterocycles. The number of aromatic nitrogens is 1. The first-order valence-corrected chi connectivity index (χ1v) is 7.88. The van der Waals surface area contributed by atoms with Gasteiger partial charge in [-0.3, -0.25) is 14.9 Å². The van der Waals surface area contributed by atoms with Crippen LogP contribution >= 0.6 is 0 Å². The van der Waals surface area contributed by atoms with Crippen LogP contribution in [0.3, 0.4) is 0 Å². The minimum Gasteiger partial charge on any atom is -0.486 e. The molecule has 0 radical (unpaired) electrons. The van der Waals surface area contributed by atoms with E-state index in [1.165, 1.54) is 19.1 Å². The van der Waals surface area contributed by atoms with Crippen LogP contribution < -0.4 is 14.8 Å². The van der Waals surface area contributed by atoms with Gasteiger partial charge in [0.15, 0.2) is 23.4 Å². The van der Waals surface area contributed by atoms with Crippen LogP contribution in [0, 0.1) is 17.0 Å². The highest BCUT2D eigenvalue weighted by atomic mass is 16.6. The van der Waals surface area contributed by atoms with Crippen molar-refractivity contribution in [2.24, 2.45) is 0 Å². The van der Waals surface area contributed by atoms with Crippen molar-refractivity contribution in [1.82, 2.24) is 5.16 Å². The van der Waals surface area contributed by atoms with Crippen LogP contribution in [-0.4, -0.2) is 41.3 Å². The topological polar surface area (TPSA) is 143 Å². The molecule has 3 rings (SSSR count). The zero-order valence-corrected chi connectivity index (χ0v) is 14.4. The van der Waals surface area contributed by atoms with Gasteiger partial charge in [-0.25, -0.2) is 4.79 Å². The second kappa shape index (κ2) is 7.32. The maximum atomic E-state index is 12.4. The predicted octanol–water partition coefficient (Wildman–Crippen LogP) is 1.85. The summed E-state index contributed by atoms with van der Waals surface area (Å²) in [7, 11) is 0. The highest BCUT2D eigenvalue weighted by Gasteiger charge is 2.29. The van der Waals surface area contributed by atoms with Crippen LogP contribution in [0.1, 0.15) is 23.0 Å². The molecule has 0 aliphatic carbocycles. The smallest absolute Gasteiger partial charge is 0.346 e. The van der Waals surface area contributed by atoms with Gasteiger partial charge in [0, 0.05) is 12.1 Å². The minimum atomic E-state index is -1.23. The molecule has 1 unspecified atom stereocenters. The van der Waals surface area contributed by atoms with E-state index in [9.17, 15) is 19.7 Å². The van der Waals surface area contributed by atoms with Crippen molar-refractivity contribution in [2.45, 2.75) is 20.0 Å². The summed E-state index contributed by atoms with van der Waals surface area (Å²) in [6, 6.07) is 3.74. The highest BCUT2D eigenvalue weighted by Crippen LogP contribution is 2.37. The van der Waals surface area contributed by atoms with E-state index in [-0.39, 0.29) is 36.1 Å². The Morgan fingerprint density at radius 1 is 1.26 bits per heavy atom. The van der Waals surface area contributed by atoms with Gasteiger partial charge in [-0.15, -0.1) is 0 Å². The average molecular weight is 377 g/mol. The molecule has 27 heavy (non-hydrogen) atoms.